The lowest BCUT2D eigenvalue weighted by atomic mass is 9.80. The van der Waals surface area contributed by atoms with E-state index in [1.807, 2.05) is 6.07 Å². The van der Waals surface area contributed by atoms with Gasteiger partial charge in [0.05, 0.1) is 0 Å². The van der Waals surface area contributed by atoms with Crippen LogP contribution in [-0.2, 0) is 6.54 Å². The van der Waals surface area contributed by atoms with Crippen molar-refractivity contribution in [2.75, 3.05) is 5.32 Å². The maximum Gasteiger partial charge on any atom is 0.439 e. The summed E-state index contributed by atoms with van der Waals surface area (Å²) in [5, 5.41) is 7.56. The molecular formula is C28H35N7O2. The van der Waals surface area contributed by atoms with Crippen LogP contribution in [0.15, 0.2) is 39.6 Å². The summed E-state index contributed by atoms with van der Waals surface area (Å²) in [5.74, 6) is 2.95. The van der Waals surface area contributed by atoms with Crippen molar-refractivity contribution in [3.63, 3.8) is 0 Å². The first-order valence-electron chi connectivity index (χ1n) is 13.7. The minimum atomic E-state index is -0.628. The van der Waals surface area contributed by atoms with Crippen molar-refractivity contribution in [3.05, 3.63) is 52.3 Å². The maximum absolute atomic E-state index is 11.7. The number of imidazole rings is 1. The van der Waals surface area contributed by atoms with Crippen LogP contribution in [0, 0.1) is 11.8 Å². The first-order valence-corrected chi connectivity index (χ1v) is 13.7. The molecule has 0 aliphatic heterocycles. The summed E-state index contributed by atoms with van der Waals surface area (Å²) < 4.78 is 7.12. The van der Waals surface area contributed by atoms with Crippen LogP contribution in [0.3, 0.4) is 0 Å². The summed E-state index contributed by atoms with van der Waals surface area (Å²) >= 11 is 0. The van der Waals surface area contributed by atoms with E-state index in [-0.39, 0.29) is 17.8 Å². The summed E-state index contributed by atoms with van der Waals surface area (Å²) in [4.78, 5) is 29.1. The van der Waals surface area contributed by atoms with Crippen molar-refractivity contribution in [2.24, 2.45) is 11.8 Å². The second-order valence-corrected chi connectivity index (χ2v) is 10.9. The van der Waals surface area contributed by atoms with Gasteiger partial charge in [0.2, 0.25) is 11.6 Å². The molecule has 4 aromatic rings. The third kappa shape index (κ3) is 4.79. The smallest absolute Gasteiger partial charge is 0.365 e. The van der Waals surface area contributed by atoms with Crippen molar-refractivity contribution < 1.29 is 4.52 Å². The maximum atomic E-state index is 11.7. The number of anilines is 1. The van der Waals surface area contributed by atoms with Crippen molar-refractivity contribution in [1.29, 1.82) is 0 Å². The first kappa shape index (κ1) is 23.9. The SMILES string of the molecule is CC(c1ccccc1)c1nc2nc(-c3noc(=O)[nH]3)nc(NC(C)C3CCC3)c2n1CC1CCCCC1. The molecule has 2 N–H and O–H groups in total. The third-order valence-electron chi connectivity index (χ3n) is 8.36. The Balaban J connectivity index is 1.51. The zero-order chi connectivity index (χ0) is 25.4. The Morgan fingerprint density at radius 1 is 1.03 bits per heavy atom. The number of H-pyrrole nitrogens is 1. The number of aromatic amines is 1. The second-order valence-electron chi connectivity index (χ2n) is 10.9. The van der Waals surface area contributed by atoms with Crippen LogP contribution in [0.25, 0.3) is 22.8 Å². The molecule has 9 heteroatoms. The number of hydrogen-bond donors (Lipinski definition) is 2. The molecule has 0 radical (unpaired) electrons. The highest BCUT2D eigenvalue weighted by atomic mass is 16.5. The Hall–Kier alpha value is -3.49. The topological polar surface area (TPSA) is 115 Å². The second kappa shape index (κ2) is 10.1. The van der Waals surface area contributed by atoms with E-state index in [9.17, 15) is 4.79 Å². The Morgan fingerprint density at radius 3 is 2.49 bits per heavy atom. The predicted molar refractivity (Wildman–Crippen MR) is 142 cm³/mol. The van der Waals surface area contributed by atoms with Crippen molar-refractivity contribution in [1.82, 2.24) is 29.7 Å². The van der Waals surface area contributed by atoms with Gasteiger partial charge < -0.3 is 9.88 Å². The quantitative estimate of drug-likeness (QED) is 0.327. The molecule has 0 spiro atoms. The minimum Gasteiger partial charge on any atom is -0.365 e. The average molecular weight is 502 g/mol. The van der Waals surface area contributed by atoms with Crippen LogP contribution in [0.5, 0.6) is 0 Å². The van der Waals surface area contributed by atoms with E-state index in [4.69, 9.17) is 19.5 Å². The number of nitrogens with zero attached hydrogens (tertiary/aromatic N) is 5. The van der Waals surface area contributed by atoms with Crippen LogP contribution >= 0.6 is 0 Å². The molecule has 9 nitrogen and oxygen atoms in total. The molecule has 2 atom stereocenters. The van der Waals surface area contributed by atoms with Gasteiger partial charge in [0.25, 0.3) is 0 Å². The number of fused-ring (bicyclic) bond motifs is 1. The number of hydrogen-bond acceptors (Lipinski definition) is 7. The molecule has 2 aliphatic carbocycles. The van der Waals surface area contributed by atoms with Gasteiger partial charge in [-0.25, -0.2) is 19.7 Å². The van der Waals surface area contributed by atoms with E-state index in [2.05, 4.69) is 58.1 Å². The highest BCUT2D eigenvalue weighted by molar-refractivity contribution is 5.86. The van der Waals surface area contributed by atoms with Crippen molar-refractivity contribution in [2.45, 2.75) is 83.7 Å². The van der Waals surface area contributed by atoms with E-state index in [1.165, 1.54) is 56.9 Å². The number of nitrogens with one attached hydrogen (secondary N) is 2. The number of rotatable bonds is 8. The molecule has 1 aromatic carbocycles. The fraction of sp³-hybridized carbons (Fsp3) is 0.536. The zero-order valence-electron chi connectivity index (χ0n) is 21.6. The normalized spacial score (nSPS) is 18.5. The predicted octanol–water partition coefficient (Wildman–Crippen LogP) is 5.50. The van der Waals surface area contributed by atoms with E-state index >= 15 is 0 Å². The van der Waals surface area contributed by atoms with Crippen molar-refractivity contribution in [3.8, 4) is 11.6 Å². The van der Waals surface area contributed by atoms with Gasteiger partial charge in [-0.3, -0.25) is 9.51 Å². The zero-order valence-corrected chi connectivity index (χ0v) is 21.6. The third-order valence-corrected chi connectivity index (χ3v) is 8.36. The van der Waals surface area contributed by atoms with E-state index in [1.54, 1.807) is 0 Å². The summed E-state index contributed by atoms with van der Waals surface area (Å²) in [6, 6.07) is 10.8. The lowest BCUT2D eigenvalue weighted by Gasteiger charge is -2.32. The molecular weight excluding hydrogens is 466 g/mol. The first-order chi connectivity index (χ1) is 18.1. The average Bonchev–Trinajstić information content (AvgIpc) is 3.47. The highest BCUT2D eigenvalue weighted by Crippen LogP contribution is 2.36. The molecule has 3 heterocycles. The van der Waals surface area contributed by atoms with E-state index < -0.39 is 5.76 Å². The molecule has 0 saturated heterocycles. The van der Waals surface area contributed by atoms with Crippen LogP contribution in [0.2, 0.25) is 0 Å². The molecule has 0 bridgehead atoms. The Morgan fingerprint density at radius 2 is 1.81 bits per heavy atom. The molecule has 0 amide bonds. The number of aromatic nitrogens is 6. The van der Waals surface area contributed by atoms with Gasteiger partial charge in [-0.1, -0.05) is 68.1 Å². The Labute approximate surface area is 216 Å². The fourth-order valence-corrected chi connectivity index (χ4v) is 5.89. The monoisotopic (exact) mass is 501 g/mol. The van der Waals surface area contributed by atoms with E-state index in [0.29, 0.717) is 23.3 Å². The lowest BCUT2D eigenvalue weighted by molar-refractivity contribution is 0.285. The lowest BCUT2D eigenvalue weighted by Crippen LogP contribution is -2.31. The van der Waals surface area contributed by atoms with Gasteiger partial charge in [-0.15, -0.1) is 0 Å². The standard InChI is InChI=1S/C28H35N7O2/c1-17(20-12-7-4-8-13-20)27-32-24-22(35(27)16-19-10-5-3-6-11-19)23(29-18(2)21-14-9-15-21)30-25(31-24)26-33-28(36)37-34-26/h4,7-8,12-13,17-19,21H,3,5-6,9-11,14-16H2,1-2H3,(H,29,30,31)(H,33,34,36). The Bertz CT molecular complexity index is 1410. The summed E-state index contributed by atoms with van der Waals surface area (Å²) in [7, 11) is 0. The molecule has 2 aliphatic rings. The van der Waals surface area contributed by atoms with Gasteiger partial charge in [-0.05, 0) is 50.0 Å². The van der Waals surface area contributed by atoms with Gasteiger partial charge >= 0.3 is 5.76 Å². The summed E-state index contributed by atoms with van der Waals surface area (Å²) in [5.41, 5.74) is 2.77. The van der Waals surface area contributed by atoms with Crippen LogP contribution in [0.4, 0.5) is 5.82 Å². The molecule has 6 rings (SSSR count). The molecule has 194 valence electrons. The Kier molecular flexibility index (Phi) is 6.52. The fourth-order valence-electron chi connectivity index (χ4n) is 5.89. The molecule has 3 aromatic heterocycles. The minimum absolute atomic E-state index is 0.0891. The van der Waals surface area contributed by atoms with Crippen LogP contribution < -0.4 is 11.1 Å². The molecule has 2 saturated carbocycles. The summed E-state index contributed by atoms with van der Waals surface area (Å²) in [6.07, 6.45) is 10.1. The summed E-state index contributed by atoms with van der Waals surface area (Å²) in [6.45, 7) is 5.34. The van der Waals surface area contributed by atoms with Crippen LogP contribution in [-0.4, -0.2) is 35.7 Å². The van der Waals surface area contributed by atoms with Gasteiger partial charge in [0.15, 0.2) is 11.5 Å². The van der Waals surface area contributed by atoms with Gasteiger partial charge in [-0.2, -0.15) is 0 Å². The van der Waals surface area contributed by atoms with Gasteiger partial charge in [0, 0.05) is 18.5 Å². The highest BCUT2D eigenvalue weighted by Gasteiger charge is 2.29. The molecule has 2 unspecified atom stereocenters. The number of benzene rings is 1. The van der Waals surface area contributed by atoms with E-state index in [0.717, 1.165) is 23.7 Å². The van der Waals surface area contributed by atoms with Crippen molar-refractivity contribution >= 4 is 17.0 Å². The molecule has 37 heavy (non-hydrogen) atoms. The molecule has 2 fully saturated rings. The largest absolute Gasteiger partial charge is 0.439 e. The van der Waals surface area contributed by atoms with Crippen LogP contribution in [0.1, 0.15) is 82.5 Å². The van der Waals surface area contributed by atoms with Gasteiger partial charge in [0.1, 0.15) is 11.3 Å².